The lowest BCUT2D eigenvalue weighted by Crippen LogP contribution is -1.87. The monoisotopic (exact) mass is 235 g/mol. The molecule has 0 atom stereocenters. The number of rotatable bonds is 4. The summed E-state index contributed by atoms with van der Waals surface area (Å²) in [7, 11) is 0. The van der Waals surface area contributed by atoms with Crippen molar-refractivity contribution >= 4 is 11.8 Å². The summed E-state index contributed by atoms with van der Waals surface area (Å²) < 4.78 is 10.6. The van der Waals surface area contributed by atoms with Gasteiger partial charge in [-0.15, -0.1) is 0 Å². The van der Waals surface area contributed by atoms with Gasteiger partial charge in [-0.2, -0.15) is 0 Å². The van der Waals surface area contributed by atoms with E-state index in [0.29, 0.717) is 17.8 Å². The van der Waals surface area contributed by atoms with Crippen molar-refractivity contribution < 1.29 is 9.15 Å². The van der Waals surface area contributed by atoms with Crippen LogP contribution in [0.2, 0.25) is 0 Å². The van der Waals surface area contributed by atoms with Gasteiger partial charge in [0.25, 0.3) is 5.22 Å². The largest absolute Gasteiger partial charge is 0.464 e. The van der Waals surface area contributed by atoms with E-state index in [0.717, 1.165) is 4.90 Å². The fourth-order valence-corrected chi connectivity index (χ4v) is 1.91. The van der Waals surface area contributed by atoms with Crippen molar-refractivity contribution in [1.82, 2.24) is 4.98 Å². The first kappa shape index (κ1) is 11.1. The molecule has 0 aliphatic heterocycles. The average Bonchev–Trinajstić information content (AvgIpc) is 2.70. The van der Waals surface area contributed by atoms with Crippen LogP contribution in [0.4, 0.5) is 0 Å². The summed E-state index contributed by atoms with van der Waals surface area (Å²) in [6.07, 6.45) is 1.60. The molecule has 2 aromatic rings. The smallest absolute Gasteiger partial charge is 0.305 e. The lowest BCUT2D eigenvalue weighted by molar-refractivity contribution is 0.238. The van der Waals surface area contributed by atoms with Crippen LogP contribution in [-0.2, 0) is 0 Å². The molecule has 0 amide bonds. The molecule has 0 radical (unpaired) electrons. The van der Waals surface area contributed by atoms with Crippen molar-refractivity contribution in [3.8, 4) is 5.95 Å². The van der Waals surface area contributed by atoms with Gasteiger partial charge in [0.1, 0.15) is 6.20 Å². The molecule has 84 valence electrons. The van der Waals surface area contributed by atoms with Crippen LogP contribution in [0.1, 0.15) is 12.5 Å². The second-order valence-corrected chi connectivity index (χ2v) is 4.32. The molecule has 0 bridgehead atoms. The van der Waals surface area contributed by atoms with E-state index in [1.807, 2.05) is 19.1 Å². The molecule has 0 aliphatic carbocycles. The number of hydrogen-bond donors (Lipinski definition) is 0. The quantitative estimate of drug-likeness (QED) is 0.812. The van der Waals surface area contributed by atoms with Crippen LogP contribution in [0.5, 0.6) is 5.95 Å². The molecular weight excluding hydrogens is 222 g/mol. The highest BCUT2D eigenvalue weighted by Crippen LogP contribution is 2.29. The molecule has 0 spiro atoms. The molecule has 0 unspecified atom stereocenters. The molecule has 0 N–H and O–H groups in total. The first-order valence-electron chi connectivity index (χ1n) is 5.11. The summed E-state index contributed by atoms with van der Waals surface area (Å²) in [6.45, 7) is 4.56. The number of benzene rings is 1. The Morgan fingerprint density at radius 2 is 2.06 bits per heavy atom. The summed E-state index contributed by atoms with van der Waals surface area (Å²) in [6, 6.07) is 8.22. The maximum atomic E-state index is 5.39. The van der Waals surface area contributed by atoms with Gasteiger partial charge in [0, 0.05) is 4.90 Å². The minimum Gasteiger partial charge on any atom is -0.464 e. The Bertz CT molecular complexity index is 450. The van der Waals surface area contributed by atoms with Crippen molar-refractivity contribution in [3.63, 3.8) is 0 Å². The third kappa shape index (κ3) is 2.79. The zero-order chi connectivity index (χ0) is 11.4. The first-order valence-corrected chi connectivity index (χ1v) is 5.92. The van der Waals surface area contributed by atoms with E-state index in [1.165, 1.54) is 17.3 Å². The summed E-state index contributed by atoms with van der Waals surface area (Å²) in [5, 5.41) is 0.604. The highest BCUT2D eigenvalue weighted by atomic mass is 32.2. The number of aryl methyl sites for hydroxylation is 1. The van der Waals surface area contributed by atoms with Crippen LogP contribution in [0.25, 0.3) is 0 Å². The third-order valence-electron chi connectivity index (χ3n) is 1.98. The zero-order valence-corrected chi connectivity index (χ0v) is 10.1. The fourth-order valence-electron chi connectivity index (χ4n) is 1.21. The van der Waals surface area contributed by atoms with E-state index in [1.54, 1.807) is 6.20 Å². The van der Waals surface area contributed by atoms with Crippen LogP contribution < -0.4 is 4.74 Å². The fraction of sp³-hybridized carbons (Fsp3) is 0.250. The van der Waals surface area contributed by atoms with Crippen molar-refractivity contribution in [3.05, 3.63) is 36.0 Å². The molecule has 16 heavy (non-hydrogen) atoms. The Labute approximate surface area is 98.8 Å². The van der Waals surface area contributed by atoms with Gasteiger partial charge in [0.05, 0.1) is 6.61 Å². The minimum atomic E-state index is 0.470. The maximum Gasteiger partial charge on any atom is 0.305 e. The standard InChI is InChI=1S/C12H13NO2S/c1-3-14-11-8-13-12(15-11)16-10-6-4-9(2)5-7-10/h4-8H,3H2,1-2H3. The number of oxazole rings is 1. The highest BCUT2D eigenvalue weighted by molar-refractivity contribution is 7.99. The molecule has 0 aliphatic rings. The Balaban J connectivity index is 2.05. The molecule has 1 aromatic heterocycles. The van der Waals surface area contributed by atoms with Gasteiger partial charge in [-0.1, -0.05) is 17.7 Å². The van der Waals surface area contributed by atoms with Gasteiger partial charge in [0.15, 0.2) is 0 Å². The van der Waals surface area contributed by atoms with Gasteiger partial charge in [0.2, 0.25) is 0 Å². The van der Waals surface area contributed by atoms with Gasteiger partial charge in [-0.3, -0.25) is 0 Å². The Hall–Kier alpha value is -1.42. The SMILES string of the molecule is CCOc1cnc(Sc2ccc(C)cc2)o1. The number of hydrogen-bond acceptors (Lipinski definition) is 4. The Morgan fingerprint density at radius 3 is 2.75 bits per heavy atom. The maximum absolute atomic E-state index is 5.39. The van der Waals surface area contributed by atoms with Crippen LogP contribution in [-0.4, -0.2) is 11.6 Å². The summed E-state index contributed by atoms with van der Waals surface area (Å²) in [4.78, 5) is 5.23. The molecule has 1 heterocycles. The van der Waals surface area contributed by atoms with Crippen LogP contribution in [0.15, 0.2) is 45.0 Å². The summed E-state index contributed by atoms with van der Waals surface area (Å²) in [5.74, 6) is 0.470. The van der Waals surface area contributed by atoms with Crippen molar-refractivity contribution in [2.24, 2.45) is 0 Å². The van der Waals surface area contributed by atoms with E-state index in [9.17, 15) is 0 Å². The predicted molar refractivity (Wildman–Crippen MR) is 63.0 cm³/mol. The molecule has 3 nitrogen and oxygen atoms in total. The normalized spacial score (nSPS) is 10.4. The molecular formula is C12H13NO2S. The van der Waals surface area contributed by atoms with Crippen molar-refractivity contribution in [1.29, 1.82) is 0 Å². The van der Waals surface area contributed by atoms with E-state index in [4.69, 9.17) is 9.15 Å². The molecule has 1 aromatic carbocycles. The van der Waals surface area contributed by atoms with Crippen molar-refractivity contribution in [2.45, 2.75) is 24.0 Å². The summed E-state index contributed by atoms with van der Waals surface area (Å²) >= 11 is 1.49. The number of aromatic nitrogens is 1. The second-order valence-electron chi connectivity index (χ2n) is 3.29. The minimum absolute atomic E-state index is 0.470. The Morgan fingerprint density at radius 1 is 1.31 bits per heavy atom. The van der Waals surface area contributed by atoms with E-state index in [2.05, 4.69) is 24.0 Å². The van der Waals surface area contributed by atoms with Crippen LogP contribution >= 0.6 is 11.8 Å². The van der Waals surface area contributed by atoms with Crippen LogP contribution in [0.3, 0.4) is 0 Å². The third-order valence-corrected chi connectivity index (χ3v) is 2.85. The molecule has 0 fully saturated rings. The predicted octanol–water partition coefficient (Wildman–Crippen LogP) is 3.53. The molecule has 2 rings (SSSR count). The topological polar surface area (TPSA) is 35.3 Å². The van der Waals surface area contributed by atoms with Crippen molar-refractivity contribution in [2.75, 3.05) is 6.61 Å². The average molecular weight is 235 g/mol. The summed E-state index contributed by atoms with van der Waals surface area (Å²) in [5.41, 5.74) is 1.24. The second kappa shape index (κ2) is 5.07. The molecule has 4 heteroatoms. The van der Waals surface area contributed by atoms with E-state index in [-0.39, 0.29) is 0 Å². The van der Waals surface area contributed by atoms with Gasteiger partial charge in [-0.05, 0) is 37.7 Å². The first-order chi connectivity index (χ1) is 7.78. The lowest BCUT2D eigenvalue weighted by atomic mass is 10.2. The van der Waals surface area contributed by atoms with E-state index >= 15 is 0 Å². The van der Waals surface area contributed by atoms with Gasteiger partial charge < -0.3 is 9.15 Å². The Kier molecular flexibility index (Phi) is 3.51. The molecule has 0 saturated heterocycles. The highest BCUT2D eigenvalue weighted by Gasteiger charge is 2.05. The lowest BCUT2D eigenvalue weighted by Gasteiger charge is -1.97. The number of ether oxygens (including phenoxy) is 1. The van der Waals surface area contributed by atoms with Crippen LogP contribution in [0, 0.1) is 6.92 Å². The molecule has 0 saturated carbocycles. The van der Waals surface area contributed by atoms with E-state index < -0.39 is 0 Å². The van der Waals surface area contributed by atoms with Gasteiger partial charge >= 0.3 is 5.95 Å². The number of nitrogens with zero attached hydrogens (tertiary/aromatic N) is 1. The zero-order valence-electron chi connectivity index (χ0n) is 9.27. The van der Waals surface area contributed by atoms with Gasteiger partial charge in [-0.25, -0.2) is 4.98 Å².